The molecule has 4 heteroatoms. The molecule has 0 saturated carbocycles. The molecule has 0 radical (unpaired) electrons. The lowest BCUT2D eigenvalue weighted by Gasteiger charge is -2.34. The van der Waals surface area contributed by atoms with Gasteiger partial charge in [0.15, 0.2) is 0 Å². The smallest absolute Gasteiger partial charge is 0.0664 e. The van der Waals surface area contributed by atoms with E-state index in [0.717, 1.165) is 52.0 Å². The minimum Gasteiger partial charge on any atom is -0.392 e. The lowest BCUT2D eigenvalue weighted by Crippen LogP contribution is -2.46. The number of piperidine rings is 1. The third kappa shape index (κ3) is 3.65. The van der Waals surface area contributed by atoms with E-state index in [9.17, 15) is 5.11 Å². The van der Waals surface area contributed by atoms with Crippen LogP contribution in [0.25, 0.3) is 0 Å². The topological polar surface area (TPSA) is 52.7 Å². The summed E-state index contributed by atoms with van der Waals surface area (Å²) >= 11 is 0. The van der Waals surface area contributed by atoms with Gasteiger partial charge in [-0.05, 0) is 45.3 Å². The fourth-order valence-corrected chi connectivity index (χ4v) is 2.99. The van der Waals surface area contributed by atoms with Gasteiger partial charge >= 0.3 is 0 Å². The van der Waals surface area contributed by atoms with E-state index in [1.54, 1.807) is 0 Å². The molecule has 0 aromatic carbocycles. The van der Waals surface area contributed by atoms with Crippen LogP contribution in [-0.4, -0.2) is 65.8 Å². The number of nitrogens with two attached hydrogens (primary N) is 1. The van der Waals surface area contributed by atoms with Crippen LogP contribution in [-0.2, 0) is 0 Å². The molecule has 17 heavy (non-hydrogen) atoms. The van der Waals surface area contributed by atoms with Crippen LogP contribution in [0, 0.1) is 0 Å². The second-order valence-electron chi connectivity index (χ2n) is 5.64. The Morgan fingerprint density at radius 2 is 1.94 bits per heavy atom. The number of hydrogen-bond acceptors (Lipinski definition) is 4. The molecule has 0 aromatic heterocycles. The number of nitrogens with zero attached hydrogens (tertiary/aromatic N) is 2. The summed E-state index contributed by atoms with van der Waals surface area (Å²) in [5.74, 6) is 0. The Morgan fingerprint density at radius 3 is 2.59 bits per heavy atom. The van der Waals surface area contributed by atoms with Gasteiger partial charge in [0.25, 0.3) is 0 Å². The maximum atomic E-state index is 9.68. The van der Waals surface area contributed by atoms with Crippen LogP contribution >= 0.6 is 0 Å². The summed E-state index contributed by atoms with van der Waals surface area (Å²) in [4.78, 5) is 5.01. The fraction of sp³-hybridized carbons (Fsp3) is 1.00. The number of hydrogen-bond donors (Lipinski definition) is 2. The summed E-state index contributed by atoms with van der Waals surface area (Å²) in [6.45, 7) is 7.49. The van der Waals surface area contributed by atoms with Gasteiger partial charge in [-0.3, -0.25) is 9.80 Å². The molecular weight excluding hydrogens is 214 g/mol. The summed E-state index contributed by atoms with van der Waals surface area (Å²) in [5, 5.41) is 9.68. The van der Waals surface area contributed by atoms with E-state index in [-0.39, 0.29) is 6.10 Å². The molecular formula is C13H27N3O. The molecule has 3 N–H and O–H groups in total. The molecule has 4 nitrogen and oxygen atoms in total. The van der Waals surface area contributed by atoms with Gasteiger partial charge in [0.05, 0.1) is 6.10 Å². The fourth-order valence-electron chi connectivity index (χ4n) is 2.99. The van der Waals surface area contributed by atoms with Crippen molar-refractivity contribution in [2.45, 2.75) is 50.8 Å². The molecule has 100 valence electrons. The predicted molar refractivity (Wildman–Crippen MR) is 69.9 cm³/mol. The summed E-state index contributed by atoms with van der Waals surface area (Å²) in [6, 6.07) is 1.12. The summed E-state index contributed by atoms with van der Waals surface area (Å²) in [6.07, 6.45) is 4.26. The van der Waals surface area contributed by atoms with Crippen LogP contribution in [0.3, 0.4) is 0 Å². The van der Waals surface area contributed by atoms with E-state index >= 15 is 0 Å². The Kier molecular flexibility index (Phi) is 4.79. The standard InChI is InChI=1S/C13H27N3O/c1-2-13(17)10-15-6-5-12(9-15)16-7-3-11(14)4-8-16/h11-13,17H,2-10,14H2,1H3. The van der Waals surface area contributed by atoms with E-state index in [2.05, 4.69) is 9.80 Å². The van der Waals surface area contributed by atoms with E-state index in [1.165, 1.54) is 6.42 Å². The number of likely N-dealkylation sites (tertiary alicyclic amines) is 2. The lowest BCUT2D eigenvalue weighted by molar-refractivity contribution is 0.110. The van der Waals surface area contributed by atoms with Gasteiger partial charge in [-0.2, -0.15) is 0 Å². The average Bonchev–Trinajstić information content (AvgIpc) is 2.78. The SMILES string of the molecule is CCC(O)CN1CCC(N2CCC(N)CC2)C1. The van der Waals surface area contributed by atoms with Crippen molar-refractivity contribution in [3.05, 3.63) is 0 Å². The summed E-state index contributed by atoms with van der Waals surface area (Å²) in [5.41, 5.74) is 5.94. The van der Waals surface area contributed by atoms with E-state index in [4.69, 9.17) is 5.73 Å². The molecule has 2 atom stereocenters. The molecule has 2 saturated heterocycles. The quantitative estimate of drug-likeness (QED) is 0.741. The van der Waals surface area contributed by atoms with Crippen LogP contribution in [0.15, 0.2) is 0 Å². The number of rotatable bonds is 4. The Bertz CT molecular complexity index is 229. The minimum absolute atomic E-state index is 0.150. The molecule has 2 heterocycles. The van der Waals surface area contributed by atoms with E-state index in [0.29, 0.717) is 12.1 Å². The molecule has 0 aromatic rings. The normalized spacial score (nSPS) is 30.9. The molecule has 2 fully saturated rings. The van der Waals surface area contributed by atoms with E-state index < -0.39 is 0 Å². The first-order valence-corrected chi connectivity index (χ1v) is 7.09. The Hall–Kier alpha value is -0.160. The Labute approximate surface area is 105 Å². The first-order valence-electron chi connectivity index (χ1n) is 7.09. The highest BCUT2D eigenvalue weighted by Crippen LogP contribution is 2.20. The predicted octanol–water partition coefficient (Wildman–Crippen LogP) is 0.255. The summed E-state index contributed by atoms with van der Waals surface area (Å²) in [7, 11) is 0. The zero-order valence-corrected chi connectivity index (χ0v) is 11.0. The Morgan fingerprint density at radius 1 is 1.24 bits per heavy atom. The van der Waals surface area contributed by atoms with Crippen LogP contribution < -0.4 is 5.73 Å². The molecule has 0 aliphatic carbocycles. The van der Waals surface area contributed by atoms with Gasteiger partial charge in [-0.15, -0.1) is 0 Å². The van der Waals surface area contributed by atoms with Crippen molar-refractivity contribution in [1.29, 1.82) is 0 Å². The molecule has 0 spiro atoms. The zero-order chi connectivity index (χ0) is 12.3. The van der Waals surface area contributed by atoms with Gasteiger partial charge < -0.3 is 10.8 Å². The minimum atomic E-state index is -0.150. The maximum Gasteiger partial charge on any atom is 0.0664 e. The summed E-state index contributed by atoms with van der Waals surface area (Å²) < 4.78 is 0. The van der Waals surface area contributed by atoms with E-state index in [1.807, 2.05) is 6.92 Å². The van der Waals surface area contributed by atoms with Gasteiger partial charge in [0.1, 0.15) is 0 Å². The van der Waals surface area contributed by atoms with Crippen molar-refractivity contribution < 1.29 is 5.11 Å². The zero-order valence-electron chi connectivity index (χ0n) is 11.0. The van der Waals surface area contributed by atoms with Gasteiger partial charge in [0, 0.05) is 25.2 Å². The van der Waals surface area contributed by atoms with Crippen molar-refractivity contribution in [1.82, 2.24) is 9.80 Å². The number of aliphatic hydroxyl groups is 1. The van der Waals surface area contributed by atoms with Gasteiger partial charge in [0.2, 0.25) is 0 Å². The highest BCUT2D eigenvalue weighted by molar-refractivity contribution is 4.87. The van der Waals surface area contributed by atoms with Crippen molar-refractivity contribution in [2.75, 3.05) is 32.7 Å². The average molecular weight is 241 g/mol. The third-order valence-electron chi connectivity index (χ3n) is 4.28. The van der Waals surface area contributed by atoms with Crippen LogP contribution in [0.4, 0.5) is 0 Å². The second-order valence-corrected chi connectivity index (χ2v) is 5.64. The Balaban J connectivity index is 1.74. The lowest BCUT2D eigenvalue weighted by atomic mass is 10.0. The molecule has 2 unspecified atom stereocenters. The molecule has 2 aliphatic heterocycles. The van der Waals surface area contributed by atoms with Gasteiger partial charge in [-0.25, -0.2) is 0 Å². The molecule has 0 bridgehead atoms. The maximum absolute atomic E-state index is 9.68. The van der Waals surface area contributed by atoms with Crippen LogP contribution in [0.5, 0.6) is 0 Å². The monoisotopic (exact) mass is 241 g/mol. The third-order valence-corrected chi connectivity index (χ3v) is 4.28. The van der Waals surface area contributed by atoms with Gasteiger partial charge in [-0.1, -0.05) is 6.92 Å². The first-order chi connectivity index (χ1) is 8.19. The molecule has 0 amide bonds. The van der Waals surface area contributed by atoms with Crippen molar-refractivity contribution in [3.63, 3.8) is 0 Å². The van der Waals surface area contributed by atoms with Crippen LogP contribution in [0.1, 0.15) is 32.6 Å². The second kappa shape index (κ2) is 6.14. The van der Waals surface area contributed by atoms with Crippen molar-refractivity contribution in [3.8, 4) is 0 Å². The highest BCUT2D eigenvalue weighted by atomic mass is 16.3. The molecule has 2 rings (SSSR count). The van der Waals surface area contributed by atoms with Crippen molar-refractivity contribution >= 4 is 0 Å². The molecule has 2 aliphatic rings. The van der Waals surface area contributed by atoms with Crippen LogP contribution in [0.2, 0.25) is 0 Å². The highest BCUT2D eigenvalue weighted by Gasteiger charge is 2.30. The number of aliphatic hydroxyl groups excluding tert-OH is 1. The number of β-amino-alcohol motifs (C(OH)–C–C–N with tert-alkyl or cyclic N) is 1. The first kappa shape index (κ1) is 13.3. The largest absolute Gasteiger partial charge is 0.392 e. The van der Waals surface area contributed by atoms with Crippen molar-refractivity contribution in [2.24, 2.45) is 5.73 Å².